The Kier molecular flexibility index (Phi) is 5.60. The number of alkyl halides is 3. The van der Waals surface area contributed by atoms with Gasteiger partial charge in [0.25, 0.3) is 0 Å². The zero-order valence-electron chi connectivity index (χ0n) is 11.3. The summed E-state index contributed by atoms with van der Waals surface area (Å²) >= 11 is 0. The fourth-order valence-corrected chi connectivity index (χ4v) is 1.88. The van der Waals surface area contributed by atoms with Crippen LogP contribution in [0.15, 0.2) is 36.4 Å². The second kappa shape index (κ2) is 6.75. The number of rotatable bonds is 6. The predicted octanol–water partition coefficient (Wildman–Crippen LogP) is 4.19. The van der Waals surface area contributed by atoms with Gasteiger partial charge in [-0.25, -0.2) is 0 Å². The standard InChI is InChI=1S/C15H20F3N/c1-11(2)4-9-14(19-3)10-12-5-7-13(8-6-12)15(16,17)18/h5-8,14,19H,1,4,9-10H2,2-3H3. The summed E-state index contributed by atoms with van der Waals surface area (Å²) < 4.78 is 37.3. The van der Waals surface area contributed by atoms with Crippen molar-refractivity contribution in [2.75, 3.05) is 7.05 Å². The van der Waals surface area contributed by atoms with Crippen LogP contribution in [0.5, 0.6) is 0 Å². The highest BCUT2D eigenvalue weighted by Crippen LogP contribution is 2.29. The monoisotopic (exact) mass is 271 g/mol. The number of likely N-dealkylation sites (N-methyl/N-ethyl adjacent to an activating group) is 1. The second-order valence-electron chi connectivity index (χ2n) is 4.88. The van der Waals surface area contributed by atoms with Gasteiger partial charge in [-0.3, -0.25) is 0 Å². The molecule has 1 aromatic rings. The van der Waals surface area contributed by atoms with Crippen molar-refractivity contribution in [2.24, 2.45) is 0 Å². The predicted molar refractivity (Wildman–Crippen MR) is 72.0 cm³/mol. The van der Waals surface area contributed by atoms with Gasteiger partial charge < -0.3 is 5.32 Å². The van der Waals surface area contributed by atoms with E-state index in [0.29, 0.717) is 0 Å². The van der Waals surface area contributed by atoms with Crippen LogP contribution in [-0.2, 0) is 12.6 Å². The number of hydrogen-bond donors (Lipinski definition) is 1. The van der Waals surface area contributed by atoms with E-state index in [1.165, 1.54) is 0 Å². The molecule has 0 radical (unpaired) electrons. The Labute approximate surface area is 112 Å². The van der Waals surface area contributed by atoms with E-state index < -0.39 is 11.7 Å². The molecule has 0 amide bonds. The van der Waals surface area contributed by atoms with Crippen LogP contribution in [-0.4, -0.2) is 13.1 Å². The first-order valence-corrected chi connectivity index (χ1v) is 6.30. The first-order valence-electron chi connectivity index (χ1n) is 6.30. The van der Waals surface area contributed by atoms with E-state index >= 15 is 0 Å². The van der Waals surface area contributed by atoms with Crippen molar-refractivity contribution >= 4 is 0 Å². The maximum absolute atomic E-state index is 12.4. The second-order valence-corrected chi connectivity index (χ2v) is 4.88. The normalized spacial score (nSPS) is 13.3. The molecule has 0 saturated carbocycles. The summed E-state index contributed by atoms with van der Waals surface area (Å²) in [6.07, 6.45) is -1.68. The van der Waals surface area contributed by atoms with E-state index in [-0.39, 0.29) is 6.04 Å². The van der Waals surface area contributed by atoms with Gasteiger partial charge in [-0.1, -0.05) is 17.7 Å². The van der Waals surface area contributed by atoms with Crippen molar-refractivity contribution in [1.29, 1.82) is 0 Å². The fourth-order valence-electron chi connectivity index (χ4n) is 1.88. The number of allylic oxidation sites excluding steroid dienone is 1. The van der Waals surface area contributed by atoms with Crippen LogP contribution in [0.2, 0.25) is 0 Å². The minimum absolute atomic E-state index is 0.258. The summed E-state index contributed by atoms with van der Waals surface area (Å²) in [6.45, 7) is 5.83. The van der Waals surface area contributed by atoms with Crippen LogP contribution >= 0.6 is 0 Å². The van der Waals surface area contributed by atoms with Crippen LogP contribution in [0.3, 0.4) is 0 Å². The molecule has 106 valence electrons. The summed E-state index contributed by atoms with van der Waals surface area (Å²) in [5.74, 6) is 0. The van der Waals surface area contributed by atoms with Crippen molar-refractivity contribution in [2.45, 2.75) is 38.4 Å². The molecule has 1 aromatic carbocycles. The van der Waals surface area contributed by atoms with Crippen molar-refractivity contribution in [3.05, 3.63) is 47.5 Å². The molecule has 1 rings (SSSR count). The first-order chi connectivity index (χ1) is 8.82. The summed E-state index contributed by atoms with van der Waals surface area (Å²) in [5.41, 5.74) is 1.43. The zero-order valence-corrected chi connectivity index (χ0v) is 11.3. The molecule has 0 aliphatic carbocycles. The summed E-state index contributed by atoms with van der Waals surface area (Å²) in [4.78, 5) is 0. The van der Waals surface area contributed by atoms with E-state index in [1.807, 2.05) is 14.0 Å². The summed E-state index contributed by atoms with van der Waals surface area (Å²) in [6, 6.07) is 5.64. The highest BCUT2D eigenvalue weighted by Gasteiger charge is 2.29. The lowest BCUT2D eigenvalue weighted by atomic mass is 9.99. The molecule has 19 heavy (non-hydrogen) atoms. The number of hydrogen-bond acceptors (Lipinski definition) is 1. The Morgan fingerprint density at radius 2 is 1.84 bits per heavy atom. The Balaban J connectivity index is 2.63. The highest BCUT2D eigenvalue weighted by atomic mass is 19.4. The molecule has 0 aliphatic heterocycles. The van der Waals surface area contributed by atoms with Crippen molar-refractivity contribution in [3.63, 3.8) is 0 Å². The van der Waals surface area contributed by atoms with Gasteiger partial charge in [0.15, 0.2) is 0 Å². The molecular weight excluding hydrogens is 251 g/mol. The molecule has 1 N–H and O–H groups in total. The van der Waals surface area contributed by atoms with E-state index in [1.54, 1.807) is 12.1 Å². The third-order valence-corrected chi connectivity index (χ3v) is 3.09. The topological polar surface area (TPSA) is 12.0 Å². The van der Waals surface area contributed by atoms with Crippen molar-refractivity contribution in [3.8, 4) is 0 Å². The third-order valence-electron chi connectivity index (χ3n) is 3.09. The lowest BCUT2D eigenvalue weighted by Crippen LogP contribution is -2.27. The molecule has 1 atom stereocenters. The van der Waals surface area contributed by atoms with Gasteiger partial charge in [-0.2, -0.15) is 13.2 Å². The molecule has 0 heterocycles. The molecule has 0 fully saturated rings. The number of benzene rings is 1. The molecule has 0 saturated heterocycles. The SMILES string of the molecule is C=C(C)CCC(Cc1ccc(C(F)(F)F)cc1)NC. The van der Waals surface area contributed by atoms with Gasteiger partial charge in [0.2, 0.25) is 0 Å². The van der Waals surface area contributed by atoms with Gasteiger partial charge in [0, 0.05) is 6.04 Å². The van der Waals surface area contributed by atoms with Gasteiger partial charge in [-0.15, -0.1) is 6.58 Å². The van der Waals surface area contributed by atoms with Gasteiger partial charge >= 0.3 is 6.18 Å². The van der Waals surface area contributed by atoms with Crippen LogP contribution in [0, 0.1) is 0 Å². The molecule has 0 spiro atoms. The summed E-state index contributed by atoms with van der Waals surface area (Å²) in [5, 5.41) is 3.19. The van der Waals surface area contributed by atoms with Gasteiger partial charge in [0.05, 0.1) is 5.56 Å². The third kappa shape index (κ3) is 5.47. The quantitative estimate of drug-likeness (QED) is 0.765. The number of nitrogens with one attached hydrogen (secondary N) is 1. The molecular formula is C15H20F3N. The number of halogens is 3. The first kappa shape index (κ1) is 15.8. The van der Waals surface area contributed by atoms with Gasteiger partial charge in [-0.05, 0) is 50.9 Å². The molecule has 1 nitrogen and oxygen atoms in total. The molecule has 4 heteroatoms. The maximum Gasteiger partial charge on any atom is 0.416 e. The lowest BCUT2D eigenvalue weighted by molar-refractivity contribution is -0.137. The van der Waals surface area contributed by atoms with E-state index in [9.17, 15) is 13.2 Å². The Bertz CT molecular complexity index is 406. The molecule has 0 aliphatic rings. The smallest absolute Gasteiger partial charge is 0.317 e. The van der Waals surface area contributed by atoms with Crippen molar-refractivity contribution in [1.82, 2.24) is 5.32 Å². The van der Waals surface area contributed by atoms with E-state index in [0.717, 1.165) is 42.5 Å². The van der Waals surface area contributed by atoms with Crippen LogP contribution in [0.25, 0.3) is 0 Å². The van der Waals surface area contributed by atoms with Crippen LogP contribution in [0.1, 0.15) is 30.9 Å². The Morgan fingerprint density at radius 3 is 2.26 bits per heavy atom. The van der Waals surface area contributed by atoms with E-state index in [2.05, 4.69) is 11.9 Å². The minimum Gasteiger partial charge on any atom is -0.317 e. The molecule has 0 aromatic heterocycles. The summed E-state index contributed by atoms with van der Waals surface area (Å²) in [7, 11) is 1.87. The minimum atomic E-state index is -4.26. The fraction of sp³-hybridized carbons (Fsp3) is 0.467. The average Bonchev–Trinajstić information content (AvgIpc) is 2.33. The largest absolute Gasteiger partial charge is 0.416 e. The maximum atomic E-state index is 12.4. The Hall–Kier alpha value is -1.29. The van der Waals surface area contributed by atoms with Crippen LogP contribution < -0.4 is 5.32 Å². The van der Waals surface area contributed by atoms with Gasteiger partial charge in [0.1, 0.15) is 0 Å². The molecule has 0 bridgehead atoms. The van der Waals surface area contributed by atoms with E-state index in [4.69, 9.17) is 0 Å². The highest BCUT2D eigenvalue weighted by molar-refractivity contribution is 5.25. The average molecular weight is 271 g/mol. The van der Waals surface area contributed by atoms with Crippen LogP contribution in [0.4, 0.5) is 13.2 Å². The molecule has 1 unspecified atom stereocenters. The zero-order chi connectivity index (χ0) is 14.5. The van der Waals surface area contributed by atoms with Crippen molar-refractivity contribution < 1.29 is 13.2 Å². The Morgan fingerprint density at radius 1 is 1.26 bits per heavy atom. The lowest BCUT2D eigenvalue weighted by Gasteiger charge is -2.16.